The van der Waals surface area contributed by atoms with Gasteiger partial charge in [0.2, 0.25) is 0 Å². The topological polar surface area (TPSA) is 15.3 Å². The molecule has 4 heteroatoms. The molecule has 1 N–H and O–H groups in total. The number of halogens is 2. The number of rotatable bonds is 1. The zero-order chi connectivity index (χ0) is 11.1. The van der Waals surface area contributed by atoms with Crippen molar-refractivity contribution in [1.29, 1.82) is 0 Å². The third-order valence-electron chi connectivity index (χ3n) is 3.97. The molecule has 0 aliphatic carbocycles. The van der Waals surface area contributed by atoms with E-state index >= 15 is 0 Å². The van der Waals surface area contributed by atoms with E-state index in [1.54, 1.807) is 0 Å². The summed E-state index contributed by atoms with van der Waals surface area (Å²) >= 11 is 0. The van der Waals surface area contributed by atoms with Crippen molar-refractivity contribution in [3.63, 3.8) is 0 Å². The zero-order valence-electron chi connectivity index (χ0n) is 9.52. The molecule has 2 saturated heterocycles. The molecule has 88 valence electrons. The number of likely N-dealkylation sites (tertiary alicyclic amines) is 1. The van der Waals surface area contributed by atoms with Crippen molar-refractivity contribution in [1.82, 2.24) is 10.2 Å². The van der Waals surface area contributed by atoms with Gasteiger partial charge in [0, 0.05) is 32.1 Å². The predicted octanol–water partition coefficient (Wildman–Crippen LogP) is 1.72. The van der Waals surface area contributed by atoms with Gasteiger partial charge in [-0.05, 0) is 26.8 Å². The van der Waals surface area contributed by atoms with Crippen LogP contribution in [-0.2, 0) is 0 Å². The third kappa shape index (κ3) is 1.78. The Labute approximate surface area is 90.0 Å². The molecule has 0 aromatic rings. The molecule has 2 heterocycles. The average Bonchev–Trinajstić information content (AvgIpc) is 2.57. The minimum atomic E-state index is -2.48. The molecule has 0 radical (unpaired) electrons. The van der Waals surface area contributed by atoms with Crippen LogP contribution in [-0.4, -0.2) is 43.0 Å². The average molecular weight is 218 g/mol. The van der Waals surface area contributed by atoms with Crippen LogP contribution < -0.4 is 5.32 Å². The second-order valence-electron chi connectivity index (χ2n) is 5.23. The maximum absolute atomic E-state index is 13.9. The molecule has 2 aliphatic heterocycles. The van der Waals surface area contributed by atoms with Gasteiger partial charge in [-0.3, -0.25) is 0 Å². The molecule has 0 aromatic carbocycles. The zero-order valence-corrected chi connectivity index (χ0v) is 9.52. The second kappa shape index (κ2) is 3.67. The van der Waals surface area contributed by atoms with E-state index in [0.717, 1.165) is 6.54 Å². The summed E-state index contributed by atoms with van der Waals surface area (Å²) in [5.74, 6) is -2.48. The van der Waals surface area contributed by atoms with Crippen molar-refractivity contribution in [3.8, 4) is 0 Å². The highest BCUT2D eigenvalue weighted by molar-refractivity contribution is 5.03. The van der Waals surface area contributed by atoms with Gasteiger partial charge in [-0.25, -0.2) is 8.78 Å². The first-order valence-electron chi connectivity index (χ1n) is 5.79. The summed E-state index contributed by atoms with van der Waals surface area (Å²) in [6.07, 6.45) is 0.629. The van der Waals surface area contributed by atoms with Crippen LogP contribution in [0.1, 0.15) is 26.7 Å². The molecule has 1 atom stereocenters. The Bertz CT molecular complexity index is 243. The first kappa shape index (κ1) is 11.3. The van der Waals surface area contributed by atoms with E-state index in [0.29, 0.717) is 32.1 Å². The fraction of sp³-hybridized carbons (Fsp3) is 1.00. The number of nitrogens with zero attached hydrogens (tertiary/aromatic N) is 1. The maximum atomic E-state index is 13.9. The van der Waals surface area contributed by atoms with E-state index in [4.69, 9.17) is 0 Å². The van der Waals surface area contributed by atoms with Gasteiger partial charge in [0.15, 0.2) is 0 Å². The molecule has 0 bridgehead atoms. The van der Waals surface area contributed by atoms with Crippen molar-refractivity contribution in [2.45, 2.75) is 38.7 Å². The summed E-state index contributed by atoms with van der Waals surface area (Å²) in [7, 11) is 0. The molecular formula is C11H20F2N2. The van der Waals surface area contributed by atoms with E-state index in [-0.39, 0.29) is 6.42 Å². The molecular weight excluding hydrogens is 198 g/mol. The van der Waals surface area contributed by atoms with Crippen LogP contribution in [0.5, 0.6) is 0 Å². The smallest absolute Gasteiger partial charge is 0.257 e. The van der Waals surface area contributed by atoms with Crippen LogP contribution in [0.3, 0.4) is 0 Å². The van der Waals surface area contributed by atoms with Gasteiger partial charge in [-0.15, -0.1) is 0 Å². The number of piperidine rings is 1. The fourth-order valence-corrected chi connectivity index (χ4v) is 2.76. The molecule has 2 fully saturated rings. The summed E-state index contributed by atoms with van der Waals surface area (Å²) < 4.78 is 27.9. The van der Waals surface area contributed by atoms with Gasteiger partial charge in [-0.1, -0.05) is 0 Å². The van der Waals surface area contributed by atoms with Gasteiger partial charge in [0.1, 0.15) is 0 Å². The number of nitrogens with one attached hydrogen (secondary N) is 1. The normalized spacial score (nSPS) is 36.6. The van der Waals surface area contributed by atoms with E-state index < -0.39 is 11.3 Å². The SMILES string of the molecule is CC(C)N1CC[C@]2(CNCCC2(F)F)C1. The summed E-state index contributed by atoms with van der Waals surface area (Å²) in [6.45, 7) is 6.44. The second-order valence-corrected chi connectivity index (χ2v) is 5.23. The molecule has 1 spiro atoms. The van der Waals surface area contributed by atoms with Crippen LogP contribution in [0, 0.1) is 5.41 Å². The Morgan fingerprint density at radius 3 is 2.53 bits per heavy atom. The molecule has 2 aliphatic rings. The lowest BCUT2D eigenvalue weighted by atomic mass is 9.76. The van der Waals surface area contributed by atoms with E-state index in [2.05, 4.69) is 24.1 Å². The predicted molar refractivity (Wildman–Crippen MR) is 56.2 cm³/mol. The largest absolute Gasteiger partial charge is 0.316 e. The lowest BCUT2D eigenvalue weighted by molar-refractivity contribution is -0.136. The van der Waals surface area contributed by atoms with Crippen molar-refractivity contribution < 1.29 is 8.78 Å². The summed E-state index contributed by atoms with van der Waals surface area (Å²) in [5, 5.41) is 3.13. The standard InChI is InChI=1S/C11H20F2N2/c1-9(2)15-6-4-10(8-15)7-14-5-3-11(10,12)13/h9,14H,3-8H2,1-2H3/t10-/m0/s1. The van der Waals surface area contributed by atoms with Crippen LogP contribution in [0.4, 0.5) is 8.78 Å². The number of hydrogen-bond acceptors (Lipinski definition) is 2. The van der Waals surface area contributed by atoms with Gasteiger partial charge < -0.3 is 10.2 Å². The van der Waals surface area contributed by atoms with Crippen molar-refractivity contribution >= 4 is 0 Å². The highest BCUT2D eigenvalue weighted by Gasteiger charge is 2.57. The van der Waals surface area contributed by atoms with Crippen molar-refractivity contribution in [2.75, 3.05) is 26.2 Å². The lowest BCUT2D eigenvalue weighted by Crippen LogP contribution is -2.55. The quantitative estimate of drug-likeness (QED) is 0.721. The van der Waals surface area contributed by atoms with Gasteiger partial charge in [0.25, 0.3) is 5.92 Å². The van der Waals surface area contributed by atoms with Crippen LogP contribution in [0.2, 0.25) is 0 Å². The first-order valence-corrected chi connectivity index (χ1v) is 5.79. The van der Waals surface area contributed by atoms with Crippen LogP contribution in [0.15, 0.2) is 0 Å². The highest BCUT2D eigenvalue weighted by Crippen LogP contribution is 2.47. The molecule has 0 saturated carbocycles. The molecule has 0 unspecified atom stereocenters. The minimum Gasteiger partial charge on any atom is -0.316 e. The van der Waals surface area contributed by atoms with Gasteiger partial charge in [0.05, 0.1) is 5.41 Å². The fourth-order valence-electron chi connectivity index (χ4n) is 2.76. The van der Waals surface area contributed by atoms with Crippen molar-refractivity contribution in [2.24, 2.45) is 5.41 Å². The van der Waals surface area contributed by atoms with Gasteiger partial charge >= 0.3 is 0 Å². The monoisotopic (exact) mass is 218 g/mol. The van der Waals surface area contributed by atoms with Crippen LogP contribution in [0.25, 0.3) is 0 Å². The van der Waals surface area contributed by atoms with Gasteiger partial charge in [-0.2, -0.15) is 0 Å². The minimum absolute atomic E-state index is 0.00106. The Morgan fingerprint density at radius 1 is 1.27 bits per heavy atom. The van der Waals surface area contributed by atoms with Crippen LogP contribution >= 0.6 is 0 Å². The maximum Gasteiger partial charge on any atom is 0.257 e. The van der Waals surface area contributed by atoms with E-state index in [1.165, 1.54) is 0 Å². The van der Waals surface area contributed by atoms with Crippen molar-refractivity contribution in [3.05, 3.63) is 0 Å². The molecule has 15 heavy (non-hydrogen) atoms. The highest BCUT2D eigenvalue weighted by atomic mass is 19.3. The summed E-state index contributed by atoms with van der Waals surface area (Å²) in [6, 6.07) is 0.377. The Kier molecular flexibility index (Phi) is 2.75. The molecule has 0 aromatic heterocycles. The molecule has 2 nitrogen and oxygen atoms in total. The van der Waals surface area contributed by atoms with E-state index in [9.17, 15) is 8.78 Å². The molecule has 0 amide bonds. The Balaban J connectivity index is 2.13. The summed E-state index contributed by atoms with van der Waals surface area (Å²) in [4.78, 5) is 2.17. The lowest BCUT2D eigenvalue weighted by Gasteiger charge is -2.41. The molecule has 2 rings (SSSR count). The summed E-state index contributed by atoms with van der Waals surface area (Å²) in [5.41, 5.74) is -0.796. The Morgan fingerprint density at radius 2 is 2.00 bits per heavy atom. The third-order valence-corrected chi connectivity index (χ3v) is 3.97. The Hall–Kier alpha value is -0.220. The number of hydrogen-bond donors (Lipinski definition) is 1. The first-order chi connectivity index (χ1) is 6.97. The van der Waals surface area contributed by atoms with E-state index in [1.807, 2.05) is 0 Å². The number of alkyl halides is 2.